The van der Waals surface area contributed by atoms with Gasteiger partial charge in [-0.15, -0.1) is 0 Å². The summed E-state index contributed by atoms with van der Waals surface area (Å²) in [7, 11) is 0. The molecule has 0 aliphatic heterocycles. The van der Waals surface area contributed by atoms with Gasteiger partial charge < -0.3 is 10.1 Å². The zero-order valence-electron chi connectivity index (χ0n) is 11.4. The van der Waals surface area contributed by atoms with Gasteiger partial charge in [-0.05, 0) is 30.3 Å². The number of carbonyl (C=O) groups excluding carboxylic acids is 1. The number of carbonyl (C=O) groups is 1. The van der Waals surface area contributed by atoms with Gasteiger partial charge in [-0.1, -0.05) is 28.1 Å². The number of aromatic amines is 1. The van der Waals surface area contributed by atoms with Gasteiger partial charge in [-0.25, -0.2) is 5.43 Å². The number of hydrogen-bond donors (Lipinski definition) is 3. The summed E-state index contributed by atoms with van der Waals surface area (Å²) in [5.74, 6) is -0.230. The van der Waals surface area contributed by atoms with Crippen molar-refractivity contribution in [3.05, 3.63) is 64.3 Å². The Morgan fingerprint density at radius 2 is 2.14 bits per heavy atom. The molecular weight excluding hydrogens is 346 g/mol. The molecule has 0 saturated carbocycles. The average Bonchev–Trinajstić information content (AvgIpc) is 2.99. The number of phenolic OH excluding ortho intramolecular Hbond substituents is 1. The molecule has 0 radical (unpaired) electrons. The molecule has 0 saturated heterocycles. The van der Waals surface area contributed by atoms with Crippen LogP contribution in [-0.2, 0) is 0 Å². The first kappa shape index (κ1) is 14.3. The van der Waals surface area contributed by atoms with Crippen LogP contribution < -0.4 is 5.43 Å². The Hall–Kier alpha value is -2.60. The minimum atomic E-state index is -0.321. The molecule has 110 valence electrons. The fraction of sp³-hybridized carbons (Fsp3) is 0. The fourth-order valence-electron chi connectivity index (χ4n) is 2.12. The predicted octanol–water partition coefficient (Wildman–Crippen LogP) is 3.40. The smallest absolute Gasteiger partial charge is 0.273 e. The van der Waals surface area contributed by atoms with Crippen LogP contribution in [0.3, 0.4) is 0 Å². The van der Waals surface area contributed by atoms with E-state index in [0.717, 1.165) is 15.4 Å². The highest BCUT2D eigenvalue weighted by Gasteiger charge is 2.09. The van der Waals surface area contributed by atoms with E-state index in [-0.39, 0.29) is 11.7 Å². The van der Waals surface area contributed by atoms with Crippen molar-refractivity contribution in [1.29, 1.82) is 0 Å². The number of aromatic hydroxyl groups is 1. The molecule has 0 unspecified atom stereocenters. The van der Waals surface area contributed by atoms with Crippen molar-refractivity contribution in [2.75, 3.05) is 0 Å². The first-order valence-electron chi connectivity index (χ1n) is 6.53. The van der Waals surface area contributed by atoms with Gasteiger partial charge in [-0.2, -0.15) is 5.10 Å². The molecule has 6 heteroatoms. The molecule has 3 aromatic rings. The maximum Gasteiger partial charge on any atom is 0.273 e. The predicted molar refractivity (Wildman–Crippen MR) is 89.2 cm³/mol. The number of halogens is 1. The summed E-state index contributed by atoms with van der Waals surface area (Å²) < 4.78 is 0.814. The van der Waals surface area contributed by atoms with E-state index >= 15 is 0 Å². The summed E-state index contributed by atoms with van der Waals surface area (Å²) in [6, 6.07) is 12.3. The van der Waals surface area contributed by atoms with Crippen molar-refractivity contribution in [3.8, 4) is 5.75 Å². The average molecular weight is 358 g/mol. The molecule has 3 rings (SSSR count). The number of benzene rings is 2. The van der Waals surface area contributed by atoms with Crippen LogP contribution in [0.4, 0.5) is 0 Å². The van der Waals surface area contributed by atoms with Crippen LogP contribution in [0.1, 0.15) is 15.9 Å². The van der Waals surface area contributed by atoms with E-state index in [2.05, 4.69) is 31.4 Å². The van der Waals surface area contributed by atoms with Crippen LogP contribution in [0.25, 0.3) is 10.9 Å². The fourth-order valence-corrected chi connectivity index (χ4v) is 2.50. The van der Waals surface area contributed by atoms with Crippen molar-refractivity contribution in [2.45, 2.75) is 0 Å². The Morgan fingerprint density at radius 1 is 1.27 bits per heavy atom. The number of rotatable bonds is 3. The third kappa shape index (κ3) is 2.87. The lowest BCUT2D eigenvalue weighted by Crippen LogP contribution is -2.18. The normalized spacial score (nSPS) is 11.1. The van der Waals surface area contributed by atoms with Crippen molar-refractivity contribution < 1.29 is 9.90 Å². The topological polar surface area (TPSA) is 77.5 Å². The largest absolute Gasteiger partial charge is 0.507 e. The molecule has 0 spiro atoms. The minimum Gasteiger partial charge on any atom is -0.507 e. The third-order valence-corrected chi connectivity index (χ3v) is 3.68. The second-order valence-electron chi connectivity index (χ2n) is 4.65. The Labute approximate surface area is 134 Å². The van der Waals surface area contributed by atoms with Crippen molar-refractivity contribution in [1.82, 2.24) is 10.4 Å². The summed E-state index contributed by atoms with van der Waals surface area (Å²) >= 11 is 3.31. The molecule has 0 fully saturated rings. The standard InChI is InChI=1S/C16H12BrN3O2/c17-12-4-5-14(21)11(8-12)9-19-20-16(22)13-3-1-2-10-6-7-18-15(10)13/h1-9,18,21H,(H,20,22). The molecule has 2 aromatic carbocycles. The SMILES string of the molecule is O=C(NN=Cc1cc(Br)ccc1O)c1cccc2cc[nH]c12. The molecule has 0 atom stereocenters. The number of hydrazone groups is 1. The van der Waals surface area contributed by atoms with E-state index in [9.17, 15) is 9.90 Å². The first-order valence-corrected chi connectivity index (χ1v) is 7.32. The monoisotopic (exact) mass is 357 g/mol. The van der Waals surface area contributed by atoms with Crippen LogP contribution in [-0.4, -0.2) is 22.2 Å². The lowest BCUT2D eigenvalue weighted by molar-refractivity contribution is 0.0956. The van der Waals surface area contributed by atoms with Crippen LogP contribution in [0.15, 0.2) is 58.2 Å². The zero-order chi connectivity index (χ0) is 15.5. The number of H-pyrrole nitrogens is 1. The third-order valence-electron chi connectivity index (χ3n) is 3.19. The zero-order valence-corrected chi connectivity index (χ0v) is 13.0. The van der Waals surface area contributed by atoms with Gasteiger partial charge in [0.05, 0.1) is 17.3 Å². The van der Waals surface area contributed by atoms with Crippen LogP contribution in [0.5, 0.6) is 5.75 Å². The summed E-state index contributed by atoms with van der Waals surface area (Å²) in [6.07, 6.45) is 3.18. The van der Waals surface area contributed by atoms with Crippen molar-refractivity contribution in [2.24, 2.45) is 5.10 Å². The highest BCUT2D eigenvalue weighted by atomic mass is 79.9. The molecule has 0 aliphatic carbocycles. The molecule has 0 bridgehead atoms. The Bertz CT molecular complexity index is 871. The minimum absolute atomic E-state index is 0.0904. The lowest BCUT2D eigenvalue weighted by atomic mass is 10.1. The van der Waals surface area contributed by atoms with E-state index < -0.39 is 0 Å². The summed E-state index contributed by atoms with van der Waals surface area (Å²) in [5, 5.41) is 14.6. The molecule has 1 heterocycles. The first-order chi connectivity index (χ1) is 10.6. The van der Waals surface area contributed by atoms with E-state index in [1.165, 1.54) is 6.21 Å². The molecule has 5 nitrogen and oxygen atoms in total. The van der Waals surface area contributed by atoms with Crippen LogP contribution in [0.2, 0.25) is 0 Å². The molecule has 3 N–H and O–H groups in total. The number of amides is 1. The lowest BCUT2D eigenvalue weighted by Gasteiger charge is -2.02. The Kier molecular flexibility index (Phi) is 3.93. The van der Waals surface area contributed by atoms with Crippen LogP contribution >= 0.6 is 15.9 Å². The quantitative estimate of drug-likeness (QED) is 0.496. The number of fused-ring (bicyclic) bond motifs is 1. The molecule has 22 heavy (non-hydrogen) atoms. The van der Waals surface area contributed by atoms with Crippen molar-refractivity contribution in [3.63, 3.8) is 0 Å². The van der Waals surface area contributed by atoms with E-state index in [0.29, 0.717) is 11.1 Å². The van der Waals surface area contributed by atoms with Gasteiger partial charge >= 0.3 is 0 Å². The number of para-hydroxylation sites is 1. The Morgan fingerprint density at radius 3 is 3.00 bits per heavy atom. The van der Waals surface area contributed by atoms with Gasteiger partial charge in [0.15, 0.2) is 0 Å². The number of hydrogen-bond acceptors (Lipinski definition) is 3. The second-order valence-corrected chi connectivity index (χ2v) is 5.57. The van der Waals surface area contributed by atoms with Gasteiger partial charge in [-0.3, -0.25) is 4.79 Å². The van der Waals surface area contributed by atoms with E-state index in [1.807, 2.05) is 18.2 Å². The number of phenols is 1. The summed E-state index contributed by atoms with van der Waals surface area (Å²) in [5.41, 5.74) is 4.24. The highest BCUT2D eigenvalue weighted by Crippen LogP contribution is 2.20. The Balaban J connectivity index is 1.79. The van der Waals surface area contributed by atoms with Crippen molar-refractivity contribution >= 4 is 39.0 Å². The van der Waals surface area contributed by atoms with E-state index in [4.69, 9.17) is 0 Å². The molecule has 1 amide bonds. The number of aromatic nitrogens is 1. The second kappa shape index (κ2) is 6.03. The number of nitrogens with zero attached hydrogens (tertiary/aromatic N) is 1. The van der Waals surface area contributed by atoms with Crippen LogP contribution in [0, 0.1) is 0 Å². The molecule has 1 aromatic heterocycles. The maximum atomic E-state index is 12.2. The molecular formula is C16H12BrN3O2. The van der Waals surface area contributed by atoms with Gasteiger partial charge in [0.1, 0.15) is 5.75 Å². The van der Waals surface area contributed by atoms with Gasteiger partial charge in [0.2, 0.25) is 0 Å². The van der Waals surface area contributed by atoms with Gasteiger partial charge in [0.25, 0.3) is 5.91 Å². The highest BCUT2D eigenvalue weighted by molar-refractivity contribution is 9.10. The summed E-state index contributed by atoms with van der Waals surface area (Å²) in [4.78, 5) is 15.2. The van der Waals surface area contributed by atoms with E-state index in [1.54, 1.807) is 30.5 Å². The maximum absolute atomic E-state index is 12.2. The molecule has 0 aliphatic rings. The number of nitrogens with one attached hydrogen (secondary N) is 2. The summed E-state index contributed by atoms with van der Waals surface area (Å²) in [6.45, 7) is 0. The van der Waals surface area contributed by atoms with Gasteiger partial charge in [0, 0.05) is 21.6 Å².